The molecule has 11 heteroatoms. The summed E-state index contributed by atoms with van der Waals surface area (Å²) in [4.78, 5) is 21.2. The molecule has 3 aliphatic carbocycles. The highest BCUT2D eigenvalue weighted by atomic mass is 19.4. The Morgan fingerprint density at radius 3 is 2.44 bits per heavy atom. The molecule has 7 nitrogen and oxygen atoms in total. The number of aryl methyl sites for hydroxylation is 1. The number of halogens is 4. The number of benzene rings is 1. The first-order valence-corrected chi connectivity index (χ1v) is 15.1. The van der Waals surface area contributed by atoms with Gasteiger partial charge in [0.05, 0.1) is 23.7 Å². The number of fused-ring (bicyclic) bond motifs is 3. The van der Waals surface area contributed by atoms with Gasteiger partial charge in [-0.3, -0.25) is 4.79 Å². The zero-order valence-corrected chi connectivity index (χ0v) is 25.8. The van der Waals surface area contributed by atoms with Crippen molar-refractivity contribution in [2.75, 3.05) is 6.61 Å². The second-order valence-electron chi connectivity index (χ2n) is 13.8. The van der Waals surface area contributed by atoms with Gasteiger partial charge >= 0.3 is 12.1 Å². The van der Waals surface area contributed by atoms with E-state index in [9.17, 15) is 23.1 Å². The molecular weight excluding hydrogens is 592 g/mol. The van der Waals surface area contributed by atoms with Crippen molar-refractivity contribution in [2.24, 2.45) is 17.8 Å². The molecule has 2 heterocycles. The van der Waals surface area contributed by atoms with Gasteiger partial charge in [-0.05, 0) is 101 Å². The number of alkyl halides is 3. The summed E-state index contributed by atoms with van der Waals surface area (Å²) in [7, 11) is 0. The van der Waals surface area contributed by atoms with Crippen molar-refractivity contribution in [1.29, 1.82) is 0 Å². The molecule has 0 bridgehead atoms. The summed E-state index contributed by atoms with van der Waals surface area (Å²) in [5.74, 6) is -0.595. The fourth-order valence-corrected chi connectivity index (χ4v) is 6.78. The quantitative estimate of drug-likeness (QED) is 0.213. The van der Waals surface area contributed by atoms with Gasteiger partial charge in [-0.15, -0.1) is 0 Å². The maximum atomic E-state index is 15.0. The van der Waals surface area contributed by atoms with E-state index in [1.54, 1.807) is 26.1 Å². The van der Waals surface area contributed by atoms with Crippen LogP contribution in [0.4, 0.5) is 17.6 Å². The second kappa shape index (κ2) is 11.0. The minimum Gasteiger partial charge on any atom is -0.477 e. The van der Waals surface area contributed by atoms with Gasteiger partial charge in [0.25, 0.3) is 0 Å². The van der Waals surface area contributed by atoms with Crippen molar-refractivity contribution in [2.45, 2.75) is 83.8 Å². The Kier molecular flexibility index (Phi) is 7.61. The minimum absolute atomic E-state index is 0.0505. The summed E-state index contributed by atoms with van der Waals surface area (Å²) in [6.07, 6.45) is -1.28. The molecule has 0 unspecified atom stereocenters. The average Bonchev–Trinajstić information content (AvgIpc) is 3.50. The number of hydrogen-bond donors (Lipinski definition) is 1. The Morgan fingerprint density at radius 2 is 1.80 bits per heavy atom. The van der Waals surface area contributed by atoms with Crippen molar-refractivity contribution in [3.05, 3.63) is 70.3 Å². The fourth-order valence-electron chi connectivity index (χ4n) is 6.78. The number of carbonyl (C=O) groups is 1. The highest BCUT2D eigenvalue weighted by Gasteiger charge is 2.61. The van der Waals surface area contributed by atoms with Crippen molar-refractivity contribution in [3.8, 4) is 22.9 Å². The van der Waals surface area contributed by atoms with Crippen molar-refractivity contribution >= 4 is 5.97 Å². The molecule has 2 fully saturated rings. The molecule has 1 N–H and O–H groups in total. The monoisotopic (exact) mass is 628 g/mol. The third-order valence-electron chi connectivity index (χ3n) is 8.80. The highest BCUT2D eigenvalue weighted by Crippen LogP contribution is 2.62. The van der Waals surface area contributed by atoms with Gasteiger partial charge in [0.1, 0.15) is 18.0 Å². The van der Waals surface area contributed by atoms with Gasteiger partial charge in [-0.2, -0.15) is 13.2 Å². The number of ether oxygens (including phenoxy) is 3. The van der Waals surface area contributed by atoms with Crippen LogP contribution in [-0.4, -0.2) is 38.9 Å². The normalized spacial score (nSPS) is 25.2. The molecule has 0 spiro atoms. The molecule has 0 saturated heterocycles. The number of carbonyl (C=O) groups excluding carboxylic acids is 1. The van der Waals surface area contributed by atoms with Crippen LogP contribution in [0.15, 0.2) is 36.5 Å². The molecule has 0 amide bonds. The summed E-state index contributed by atoms with van der Waals surface area (Å²) in [6.45, 7) is 8.83. The van der Waals surface area contributed by atoms with Gasteiger partial charge in [0.2, 0.25) is 11.8 Å². The van der Waals surface area contributed by atoms with Gasteiger partial charge in [0, 0.05) is 41.1 Å². The van der Waals surface area contributed by atoms with Crippen LogP contribution < -0.4 is 9.47 Å². The number of aliphatic hydroxyl groups is 1. The largest absolute Gasteiger partial charge is 0.477 e. The van der Waals surface area contributed by atoms with Crippen LogP contribution in [0.2, 0.25) is 0 Å². The second-order valence-corrected chi connectivity index (χ2v) is 13.8. The van der Waals surface area contributed by atoms with Crippen molar-refractivity contribution in [1.82, 2.24) is 9.97 Å². The zero-order valence-electron chi connectivity index (χ0n) is 25.8. The lowest BCUT2D eigenvalue weighted by molar-refractivity contribution is -0.157. The molecule has 240 valence electrons. The Bertz CT molecular complexity index is 1640. The lowest BCUT2D eigenvalue weighted by atomic mass is 9.73. The molecule has 45 heavy (non-hydrogen) atoms. The zero-order chi connectivity index (χ0) is 32.5. The molecule has 3 aliphatic rings. The predicted octanol–water partition coefficient (Wildman–Crippen LogP) is 6.96. The van der Waals surface area contributed by atoms with E-state index in [0.717, 1.165) is 17.2 Å². The maximum Gasteiger partial charge on any atom is 0.417 e. The van der Waals surface area contributed by atoms with Crippen molar-refractivity contribution in [3.63, 3.8) is 0 Å². The van der Waals surface area contributed by atoms with Crippen LogP contribution in [0.25, 0.3) is 11.1 Å². The van der Waals surface area contributed by atoms with E-state index in [1.165, 1.54) is 12.1 Å². The van der Waals surface area contributed by atoms with Crippen LogP contribution >= 0.6 is 0 Å². The maximum absolute atomic E-state index is 15.0. The summed E-state index contributed by atoms with van der Waals surface area (Å²) in [5, 5.41) is 9.91. The number of hydrogen-bond acceptors (Lipinski definition) is 7. The number of nitrogens with zero attached hydrogens (tertiary/aromatic N) is 2. The summed E-state index contributed by atoms with van der Waals surface area (Å²) in [5.41, 5.74) is -0.229. The lowest BCUT2D eigenvalue weighted by Crippen LogP contribution is -2.43. The number of pyridine rings is 2. The molecule has 3 atom stereocenters. The predicted molar refractivity (Wildman–Crippen MR) is 156 cm³/mol. The number of rotatable bonds is 8. The van der Waals surface area contributed by atoms with Crippen molar-refractivity contribution < 1.29 is 41.7 Å². The Balaban J connectivity index is 1.17. The van der Waals surface area contributed by atoms with E-state index in [-0.39, 0.29) is 64.7 Å². The third-order valence-corrected chi connectivity index (χ3v) is 8.80. The van der Waals surface area contributed by atoms with E-state index in [2.05, 4.69) is 9.97 Å². The molecular formula is C34H36F4N2O5. The summed E-state index contributed by atoms with van der Waals surface area (Å²) < 4.78 is 74.2. The molecule has 0 aliphatic heterocycles. The van der Waals surface area contributed by atoms with Crippen LogP contribution in [0.5, 0.6) is 11.8 Å². The first kappa shape index (κ1) is 31.3. The van der Waals surface area contributed by atoms with E-state index in [4.69, 9.17) is 14.2 Å². The van der Waals surface area contributed by atoms with E-state index >= 15 is 4.39 Å². The van der Waals surface area contributed by atoms with Gasteiger partial charge in [0.15, 0.2) is 0 Å². The first-order valence-electron chi connectivity index (χ1n) is 15.1. The van der Waals surface area contributed by atoms with Crippen LogP contribution in [0.1, 0.15) is 74.4 Å². The Hall–Kier alpha value is -3.73. The Morgan fingerprint density at radius 1 is 1.07 bits per heavy atom. The highest BCUT2D eigenvalue weighted by molar-refractivity contribution is 5.80. The lowest BCUT2D eigenvalue weighted by Gasteiger charge is -2.40. The molecule has 6 rings (SSSR count). The number of esters is 1. The molecule has 3 aromatic rings. The molecule has 1 aromatic carbocycles. The Labute approximate surface area is 258 Å². The van der Waals surface area contributed by atoms with Crippen LogP contribution in [0, 0.1) is 30.5 Å². The van der Waals surface area contributed by atoms with E-state index in [1.807, 2.05) is 20.8 Å². The summed E-state index contributed by atoms with van der Waals surface area (Å²) >= 11 is 0. The topological polar surface area (TPSA) is 90.8 Å². The van der Waals surface area contributed by atoms with Gasteiger partial charge in [-0.25, -0.2) is 14.4 Å². The summed E-state index contributed by atoms with van der Waals surface area (Å²) in [6, 6.07) is 6.35. The number of aromatic nitrogens is 2. The van der Waals surface area contributed by atoms with E-state index in [0.29, 0.717) is 37.6 Å². The van der Waals surface area contributed by atoms with Crippen LogP contribution in [0.3, 0.4) is 0 Å². The first-order chi connectivity index (χ1) is 21.0. The van der Waals surface area contributed by atoms with Crippen LogP contribution in [-0.2, 0) is 28.7 Å². The van der Waals surface area contributed by atoms with Gasteiger partial charge in [-0.1, -0.05) is 0 Å². The fraction of sp³-hybridized carbons (Fsp3) is 0.500. The average molecular weight is 629 g/mol. The van der Waals surface area contributed by atoms with Gasteiger partial charge < -0.3 is 19.3 Å². The minimum atomic E-state index is -4.81. The molecule has 2 saturated carbocycles. The molecule has 2 aromatic heterocycles. The standard InChI is InChI=1S/C34H36F4N2O5/c1-17-21(6-7-27(40-17)43-15-18-12-33(5,42)13-18)22-9-20(26(35)11-25(22)34(36,37)38)16-44-28-10-19-8-23-29(24(19)14-39-28)30(23)31(41)45-32(2,3)4/h6-7,9-11,14,18,23,29-30,42H,8,12-13,15-16H2,1-5H3/t18-,23-,29-,30+,33+/m1/s1. The SMILES string of the molecule is Cc1nc(OC[C@H]2C[C@@](C)(O)C2)ccc1-c1cc(COc2cc3c(cn2)[C@H]2[C@@H](C3)[C@@H]2C(=O)OC(C)(C)C)c(F)cc1C(F)(F)F. The molecule has 0 radical (unpaired) electrons. The third kappa shape index (κ3) is 6.50. The smallest absolute Gasteiger partial charge is 0.417 e. The van der Waals surface area contributed by atoms with E-state index < -0.39 is 28.8 Å².